The monoisotopic (exact) mass is 321 g/mol. The molecule has 134 valence electrons. The molecule has 0 aromatic heterocycles. The highest BCUT2D eigenvalue weighted by atomic mass is 15.3. The highest BCUT2D eigenvalue weighted by molar-refractivity contribution is 4.90. The fourth-order valence-corrected chi connectivity index (χ4v) is 5.22. The maximum Gasteiger partial charge on any atom is 0.0198 e. The molecule has 2 heterocycles. The van der Waals surface area contributed by atoms with Crippen LogP contribution >= 0.6 is 0 Å². The molecule has 3 heteroatoms. The Morgan fingerprint density at radius 1 is 0.739 bits per heavy atom. The van der Waals surface area contributed by atoms with Crippen molar-refractivity contribution >= 4 is 0 Å². The highest BCUT2D eigenvalue weighted by Crippen LogP contribution is 2.30. The number of piperazine rings is 1. The quantitative estimate of drug-likeness (QED) is 0.788. The Bertz CT molecular complexity index is 354. The molecule has 23 heavy (non-hydrogen) atoms. The zero-order valence-corrected chi connectivity index (χ0v) is 16.0. The number of piperidine rings is 1. The van der Waals surface area contributed by atoms with E-state index in [0.29, 0.717) is 0 Å². The zero-order chi connectivity index (χ0) is 16.4. The van der Waals surface area contributed by atoms with Gasteiger partial charge in [0.25, 0.3) is 0 Å². The molecule has 0 N–H and O–H groups in total. The van der Waals surface area contributed by atoms with Crippen LogP contribution in [0, 0.1) is 5.92 Å². The molecule has 2 aliphatic heterocycles. The maximum atomic E-state index is 2.85. The van der Waals surface area contributed by atoms with Crippen molar-refractivity contribution < 1.29 is 0 Å². The van der Waals surface area contributed by atoms with Crippen LogP contribution in [0.4, 0.5) is 0 Å². The summed E-state index contributed by atoms with van der Waals surface area (Å²) in [6.45, 7) is 16.1. The summed E-state index contributed by atoms with van der Waals surface area (Å²) in [6.07, 6.45) is 8.55. The first-order chi connectivity index (χ1) is 11.0. The van der Waals surface area contributed by atoms with Gasteiger partial charge in [-0.25, -0.2) is 0 Å². The van der Waals surface area contributed by atoms with Gasteiger partial charge in [-0.1, -0.05) is 6.92 Å². The van der Waals surface area contributed by atoms with E-state index < -0.39 is 0 Å². The van der Waals surface area contributed by atoms with E-state index in [-0.39, 0.29) is 0 Å². The first-order valence-corrected chi connectivity index (χ1v) is 10.3. The van der Waals surface area contributed by atoms with Crippen LogP contribution in [-0.2, 0) is 0 Å². The third-order valence-electron chi connectivity index (χ3n) is 6.91. The molecule has 2 saturated heterocycles. The Kier molecular flexibility index (Phi) is 6.03. The second-order valence-corrected chi connectivity index (χ2v) is 8.86. The summed E-state index contributed by atoms with van der Waals surface area (Å²) in [5.74, 6) is 0.969. The summed E-state index contributed by atoms with van der Waals surface area (Å²) in [6, 6.07) is 3.20. The summed E-state index contributed by atoms with van der Waals surface area (Å²) in [5, 5.41) is 0. The van der Waals surface area contributed by atoms with Gasteiger partial charge in [0.15, 0.2) is 0 Å². The number of rotatable bonds is 3. The minimum atomic E-state index is 0.721. The van der Waals surface area contributed by atoms with Gasteiger partial charge in [0.05, 0.1) is 0 Å². The second-order valence-electron chi connectivity index (χ2n) is 8.86. The third kappa shape index (κ3) is 4.29. The predicted octanol–water partition coefficient (Wildman–Crippen LogP) is 3.44. The van der Waals surface area contributed by atoms with Gasteiger partial charge in [0, 0.05) is 43.8 Å². The maximum absolute atomic E-state index is 2.85. The summed E-state index contributed by atoms with van der Waals surface area (Å²) in [7, 11) is 0. The third-order valence-corrected chi connectivity index (χ3v) is 6.91. The number of hydrogen-bond acceptors (Lipinski definition) is 3. The van der Waals surface area contributed by atoms with Gasteiger partial charge < -0.3 is 4.90 Å². The van der Waals surface area contributed by atoms with E-state index >= 15 is 0 Å². The van der Waals surface area contributed by atoms with Crippen molar-refractivity contribution in [3.05, 3.63) is 0 Å². The van der Waals surface area contributed by atoms with Crippen LogP contribution in [0.15, 0.2) is 0 Å². The van der Waals surface area contributed by atoms with E-state index in [0.717, 1.165) is 30.1 Å². The molecule has 3 nitrogen and oxygen atoms in total. The molecule has 1 aliphatic carbocycles. The molecule has 0 radical (unpaired) electrons. The van der Waals surface area contributed by atoms with Crippen molar-refractivity contribution in [1.29, 1.82) is 0 Å². The van der Waals surface area contributed by atoms with Crippen LogP contribution in [0.1, 0.15) is 66.2 Å². The van der Waals surface area contributed by atoms with Gasteiger partial charge in [-0.2, -0.15) is 0 Å². The molecule has 0 spiro atoms. The zero-order valence-electron chi connectivity index (χ0n) is 16.0. The van der Waals surface area contributed by atoms with Crippen LogP contribution in [0.3, 0.4) is 0 Å². The standard InChI is InChI=1S/C20H39N3/c1-16(2)21-11-9-20(10-12-21)23-14-13-22(15-18(23)4)19-7-5-17(3)6-8-19/h16-20H,5-15H2,1-4H3. The van der Waals surface area contributed by atoms with Crippen molar-refractivity contribution in [2.75, 3.05) is 32.7 Å². The van der Waals surface area contributed by atoms with Crippen molar-refractivity contribution in [3.63, 3.8) is 0 Å². The number of hydrogen-bond donors (Lipinski definition) is 0. The molecule has 1 unspecified atom stereocenters. The lowest BCUT2D eigenvalue weighted by atomic mass is 9.86. The molecule has 3 fully saturated rings. The molecule has 0 aromatic carbocycles. The van der Waals surface area contributed by atoms with E-state index in [9.17, 15) is 0 Å². The van der Waals surface area contributed by atoms with Gasteiger partial charge in [0.2, 0.25) is 0 Å². The van der Waals surface area contributed by atoms with Crippen LogP contribution in [0.25, 0.3) is 0 Å². The Hall–Kier alpha value is -0.120. The second kappa shape index (κ2) is 7.84. The molecule has 0 amide bonds. The lowest BCUT2D eigenvalue weighted by Crippen LogP contribution is -2.59. The first-order valence-electron chi connectivity index (χ1n) is 10.3. The minimum absolute atomic E-state index is 0.721. The Labute approximate surface area is 144 Å². The normalized spacial score (nSPS) is 36.7. The van der Waals surface area contributed by atoms with E-state index in [1.807, 2.05) is 0 Å². The van der Waals surface area contributed by atoms with E-state index in [1.54, 1.807) is 0 Å². The lowest BCUT2D eigenvalue weighted by Gasteiger charge is -2.49. The van der Waals surface area contributed by atoms with E-state index in [4.69, 9.17) is 0 Å². The summed E-state index contributed by atoms with van der Waals surface area (Å²) in [4.78, 5) is 8.33. The number of nitrogens with zero attached hydrogens (tertiary/aromatic N) is 3. The average molecular weight is 322 g/mol. The van der Waals surface area contributed by atoms with Crippen LogP contribution in [0.5, 0.6) is 0 Å². The van der Waals surface area contributed by atoms with Gasteiger partial charge in [0.1, 0.15) is 0 Å². The Morgan fingerprint density at radius 3 is 1.96 bits per heavy atom. The molecule has 0 bridgehead atoms. The Balaban J connectivity index is 1.47. The fraction of sp³-hybridized carbons (Fsp3) is 1.00. The van der Waals surface area contributed by atoms with Crippen LogP contribution in [0.2, 0.25) is 0 Å². The highest BCUT2D eigenvalue weighted by Gasteiger charge is 2.34. The molecule has 3 rings (SSSR count). The molecule has 3 aliphatic rings. The average Bonchev–Trinajstić information content (AvgIpc) is 2.55. The lowest BCUT2D eigenvalue weighted by molar-refractivity contribution is -0.00433. The SMILES string of the molecule is CC1CCC(N2CCN(C3CCN(C(C)C)CC3)C(C)C2)CC1. The Morgan fingerprint density at radius 2 is 1.39 bits per heavy atom. The summed E-state index contributed by atoms with van der Waals surface area (Å²) >= 11 is 0. The molecular weight excluding hydrogens is 282 g/mol. The van der Waals surface area contributed by atoms with E-state index in [1.165, 1.54) is 71.2 Å². The van der Waals surface area contributed by atoms with Crippen LogP contribution in [-0.4, -0.2) is 71.6 Å². The smallest absolute Gasteiger partial charge is 0.0198 e. The molecular formula is C20H39N3. The van der Waals surface area contributed by atoms with Crippen molar-refractivity contribution in [2.45, 2.75) is 90.4 Å². The molecule has 1 atom stereocenters. The van der Waals surface area contributed by atoms with Gasteiger partial charge in [-0.05, 0) is 78.3 Å². The van der Waals surface area contributed by atoms with Crippen molar-refractivity contribution in [2.24, 2.45) is 5.92 Å². The topological polar surface area (TPSA) is 9.72 Å². The minimum Gasteiger partial charge on any atom is -0.301 e. The van der Waals surface area contributed by atoms with Crippen LogP contribution < -0.4 is 0 Å². The molecule has 1 saturated carbocycles. The van der Waals surface area contributed by atoms with Gasteiger partial charge in [-0.3, -0.25) is 9.80 Å². The van der Waals surface area contributed by atoms with Gasteiger partial charge >= 0.3 is 0 Å². The fourth-order valence-electron chi connectivity index (χ4n) is 5.22. The summed E-state index contributed by atoms with van der Waals surface area (Å²) < 4.78 is 0. The van der Waals surface area contributed by atoms with Gasteiger partial charge in [-0.15, -0.1) is 0 Å². The summed E-state index contributed by atoms with van der Waals surface area (Å²) in [5.41, 5.74) is 0. The van der Waals surface area contributed by atoms with Crippen molar-refractivity contribution in [3.8, 4) is 0 Å². The van der Waals surface area contributed by atoms with Crippen molar-refractivity contribution in [1.82, 2.24) is 14.7 Å². The molecule has 0 aromatic rings. The largest absolute Gasteiger partial charge is 0.301 e. The first kappa shape index (κ1) is 17.7. The van der Waals surface area contributed by atoms with E-state index in [2.05, 4.69) is 42.4 Å². The predicted molar refractivity (Wildman–Crippen MR) is 98.9 cm³/mol. The number of likely N-dealkylation sites (tertiary alicyclic amines) is 1.